The molecule has 0 bridgehead atoms. The van der Waals surface area contributed by atoms with Crippen LogP contribution in [0, 0.1) is 5.92 Å². The SMILES string of the molecule is CCNC(CCN(C)CC1CCN(C)C1)C(N)=O. The average Bonchev–Trinajstić information content (AvgIpc) is 2.69. The molecule has 5 heteroatoms. The first kappa shape index (κ1) is 15.4. The van der Waals surface area contributed by atoms with Crippen molar-refractivity contribution in [2.75, 3.05) is 46.8 Å². The van der Waals surface area contributed by atoms with Crippen LogP contribution in [-0.4, -0.2) is 68.6 Å². The van der Waals surface area contributed by atoms with E-state index in [1.165, 1.54) is 19.5 Å². The molecule has 1 heterocycles. The van der Waals surface area contributed by atoms with Gasteiger partial charge in [0.05, 0.1) is 6.04 Å². The molecule has 1 aliphatic heterocycles. The molecule has 18 heavy (non-hydrogen) atoms. The van der Waals surface area contributed by atoms with Crippen LogP contribution >= 0.6 is 0 Å². The maximum atomic E-state index is 11.2. The lowest BCUT2D eigenvalue weighted by atomic mass is 10.1. The summed E-state index contributed by atoms with van der Waals surface area (Å²) >= 11 is 0. The summed E-state index contributed by atoms with van der Waals surface area (Å²) in [5.41, 5.74) is 5.36. The molecule has 0 aromatic heterocycles. The van der Waals surface area contributed by atoms with Crippen LogP contribution in [0.5, 0.6) is 0 Å². The molecule has 2 atom stereocenters. The Kier molecular flexibility index (Phi) is 6.60. The highest BCUT2D eigenvalue weighted by molar-refractivity contribution is 5.79. The number of nitrogens with zero attached hydrogens (tertiary/aromatic N) is 2. The minimum absolute atomic E-state index is 0.191. The number of carbonyl (C=O) groups excluding carboxylic acids is 1. The molecule has 0 saturated carbocycles. The molecule has 2 unspecified atom stereocenters. The van der Waals surface area contributed by atoms with Gasteiger partial charge in [-0.05, 0) is 52.5 Å². The number of primary amides is 1. The predicted octanol–water partition coefficient (Wildman–Crippen LogP) is -0.277. The van der Waals surface area contributed by atoms with Crippen LogP contribution in [0.3, 0.4) is 0 Å². The third-order valence-electron chi connectivity index (χ3n) is 3.65. The van der Waals surface area contributed by atoms with Crippen LogP contribution in [-0.2, 0) is 4.79 Å². The van der Waals surface area contributed by atoms with Gasteiger partial charge in [0.15, 0.2) is 0 Å². The maximum Gasteiger partial charge on any atom is 0.234 e. The van der Waals surface area contributed by atoms with Crippen LogP contribution in [0.4, 0.5) is 0 Å². The van der Waals surface area contributed by atoms with E-state index < -0.39 is 0 Å². The second kappa shape index (κ2) is 7.71. The fourth-order valence-electron chi connectivity index (χ4n) is 2.65. The quantitative estimate of drug-likeness (QED) is 0.627. The Bertz CT molecular complexity index is 259. The van der Waals surface area contributed by atoms with Crippen LogP contribution in [0.1, 0.15) is 19.8 Å². The largest absolute Gasteiger partial charge is 0.368 e. The van der Waals surface area contributed by atoms with Gasteiger partial charge in [-0.1, -0.05) is 6.92 Å². The van der Waals surface area contributed by atoms with Crippen LogP contribution in [0.15, 0.2) is 0 Å². The van der Waals surface area contributed by atoms with Gasteiger partial charge >= 0.3 is 0 Å². The summed E-state index contributed by atoms with van der Waals surface area (Å²) in [7, 11) is 4.30. The molecule has 1 rings (SSSR count). The van der Waals surface area contributed by atoms with Gasteiger partial charge in [0, 0.05) is 13.1 Å². The van der Waals surface area contributed by atoms with E-state index in [1.54, 1.807) is 0 Å². The first-order valence-electron chi connectivity index (χ1n) is 6.92. The molecular formula is C13H28N4O. The van der Waals surface area contributed by atoms with E-state index in [9.17, 15) is 4.79 Å². The first-order chi connectivity index (χ1) is 8.52. The summed E-state index contributed by atoms with van der Waals surface area (Å²) in [6, 6.07) is -0.191. The Morgan fingerprint density at radius 2 is 2.33 bits per heavy atom. The molecule has 1 amide bonds. The van der Waals surface area contributed by atoms with Crippen LogP contribution < -0.4 is 11.1 Å². The van der Waals surface area contributed by atoms with Crippen molar-refractivity contribution in [1.29, 1.82) is 0 Å². The van der Waals surface area contributed by atoms with E-state index >= 15 is 0 Å². The lowest BCUT2D eigenvalue weighted by Crippen LogP contribution is -2.43. The van der Waals surface area contributed by atoms with E-state index in [0.29, 0.717) is 0 Å². The molecule has 1 fully saturated rings. The van der Waals surface area contributed by atoms with Gasteiger partial charge in [-0.15, -0.1) is 0 Å². The number of hydrogen-bond donors (Lipinski definition) is 2. The predicted molar refractivity (Wildman–Crippen MR) is 74.4 cm³/mol. The molecule has 0 aromatic rings. The molecular weight excluding hydrogens is 228 g/mol. The summed E-state index contributed by atoms with van der Waals surface area (Å²) in [4.78, 5) is 15.9. The van der Waals surface area contributed by atoms with Crippen molar-refractivity contribution >= 4 is 5.91 Å². The van der Waals surface area contributed by atoms with E-state index in [4.69, 9.17) is 5.73 Å². The van der Waals surface area contributed by atoms with Gasteiger partial charge in [-0.25, -0.2) is 0 Å². The van der Waals surface area contributed by atoms with Crippen molar-refractivity contribution in [1.82, 2.24) is 15.1 Å². The number of nitrogens with one attached hydrogen (secondary N) is 1. The fourth-order valence-corrected chi connectivity index (χ4v) is 2.65. The molecule has 1 aliphatic rings. The monoisotopic (exact) mass is 256 g/mol. The molecule has 0 spiro atoms. The molecule has 106 valence electrons. The zero-order valence-corrected chi connectivity index (χ0v) is 12.0. The van der Waals surface area contributed by atoms with E-state index in [0.717, 1.165) is 32.0 Å². The van der Waals surface area contributed by atoms with E-state index in [1.807, 2.05) is 6.92 Å². The molecule has 0 aliphatic carbocycles. The lowest BCUT2D eigenvalue weighted by Gasteiger charge is -2.23. The van der Waals surface area contributed by atoms with Crippen molar-refractivity contribution in [3.8, 4) is 0 Å². The molecule has 5 nitrogen and oxygen atoms in total. The minimum Gasteiger partial charge on any atom is -0.368 e. The van der Waals surface area contributed by atoms with Crippen LogP contribution in [0.25, 0.3) is 0 Å². The van der Waals surface area contributed by atoms with Crippen LogP contribution in [0.2, 0.25) is 0 Å². The molecule has 1 saturated heterocycles. The summed E-state index contributed by atoms with van der Waals surface area (Å²) in [6.07, 6.45) is 2.08. The van der Waals surface area contributed by atoms with Gasteiger partial charge in [-0.2, -0.15) is 0 Å². The highest BCUT2D eigenvalue weighted by Gasteiger charge is 2.21. The smallest absolute Gasteiger partial charge is 0.234 e. The normalized spacial score (nSPS) is 22.6. The Hall–Kier alpha value is -0.650. The maximum absolute atomic E-state index is 11.2. The Morgan fingerprint density at radius 1 is 1.61 bits per heavy atom. The van der Waals surface area contributed by atoms with Crippen molar-refractivity contribution in [2.45, 2.75) is 25.8 Å². The van der Waals surface area contributed by atoms with Crippen molar-refractivity contribution in [3.05, 3.63) is 0 Å². The third kappa shape index (κ3) is 5.33. The minimum atomic E-state index is -0.245. The van der Waals surface area contributed by atoms with E-state index in [-0.39, 0.29) is 11.9 Å². The Morgan fingerprint density at radius 3 is 2.83 bits per heavy atom. The lowest BCUT2D eigenvalue weighted by molar-refractivity contribution is -0.120. The van der Waals surface area contributed by atoms with Gasteiger partial charge in [0.2, 0.25) is 5.91 Å². The zero-order valence-electron chi connectivity index (χ0n) is 12.0. The number of rotatable bonds is 8. The highest BCUT2D eigenvalue weighted by Crippen LogP contribution is 2.15. The Labute approximate surface area is 111 Å². The second-order valence-corrected chi connectivity index (χ2v) is 5.48. The fraction of sp³-hybridized carbons (Fsp3) is 0.923. The summed E-state index contributed by atoms with van der Waals surface area (Å²) in [6.45, 7) is 7.21. The average molecular weight is 256 g/mol. The standard InChI is InChI=1S/C13H28N4O/c1-4-15-12(13(14)18)6-8-17(3)10-11-5-7-16(2)9-11/h11-12,15H,4-10H2,1-3H3,(H2,14,18). The summed E-state index contributed by atoms with van der Waals surface area (Å²) in [5, 5.41) is 3.13. The topological polar surface area (TPSA) is 61.6 Å². The summed E-state index contributed by atoms with van der Waals surface area (Å²) < 4.78 is 0. The van der Waals surface area contributed by atoms with E-state index in [2.05, 4.69) is 29.2 Å². The van der Waals surface area contributed by atoms with Gasteiger partial charge in [0.1, 0.15) is 0 Å². The van der Waals surface area contributed by atoms with Crippen molar-refractivity contribution < 1.29 is 4.79 Å². The molecule has 0 aromatic carbocycles. The number of nitrogens with two attached hydrogens (primary N) is 1. The Balaban J connectivity index is 2.22. The van der Waals surface area contributed by atoms with Gasteiger partial charge in [-0.3, -0.25) is 4.79 Å². The highest BCUT2D eigenvalue weighted by atomic mass is 16.1. The van der Waals surface area contributed by atoms with Gasteiger partial charge < -0.3 is 20.9 Å². The first-order valence-corrected chi connectivity index (χ1v) is 6.92. The number of hydrogen-bond acceptors (Lipinski definition) is 4. The van der Waals surface area contributed by atoms with Gasteiger partial charge in [0.25, 0.3) is 0 Å². The number of amides is 1. The number of carbonyl (C=O) groups is 1. The molecule has 3 N–H and O–H groups in total. The summed E-state index contributed by atoms with van der Waals surface area (Å²) in [5.74, 6) is 0.525. The number of likely N-dealkylation sites (N-methyl/N-ethyl adjacent to an activating group) is 1. The van der Waals surface area contributed by atoms with Crippen molar-refractivity contribution in [2.24, 2.45) is 11.7 Å². The number of likely N-dealkylation sites (tertiary alicyclic amines) is 1. The van der Waals surface area contributed by atoms with Crippen molar-refractivity contribution in [3.63, 3.8) is 0 Å². The molecule has 0 radical (unpaired) electrons. The second-order valence-electron chi connectivity index (χ2n) is 5.48. The zero-order chi connectivity index (χ0) is 13.5. The third-order valence-corrected chi connectivity index (χ3v) is 3.65.